The molecule has 3 heteroatoms. The lowest BCUT2D eigenvalue weighted by Crippen LogP contribution is -2.21. The summed E-state index contributed by atoms with van der Waals surface area (Å²) >= 11 is 5.97. The Morgan fingerprint density at radius 1 is 1.42 bits per heavy atom. The molecule has 0 aromatic heterocycles. The highest BCUT2D eigenvalue weighted by Crippen LogP contribution is 2.41. The number of aliphatic hydroxyl groups is 1. The van der Waals surface area contributed by atoms with Crippen LogP contribution in [0.5, 0.6) is 5.75 Å². The van der Waals surface area contributed by atoms with Gasteiger partial charge in [0.15, 0.2) is 0 Å². The highest BCUT2D eigenvalue weighted by molar-refractivity contribution is 6.30. The molecule has 0 heterocycles. The predicted octanol–water partition coefficient (Wildman–Crippen LogP) is 4.60. The zero-order chi connectivity index (χ0) is 13.8. The number of aliphatic hydroxyl groups excluding tert-OH is 1. The van der Waals surface area contributed by atoms with Crippen LogP contribution in [0.3, 0.4) is 0 Å². The fourth-order valence-electron chi connectivity index (χ4n) is 3.17. The molecule has 1 aliphatic rings. The van der Waals surface area contributed by atoms with E-state index in [1.807, 2.05) is 12.1 Å². The minimum Gasteiger partial charge on any atom is -0.496 e. The SMILES string of the molecule is CCC1CCCC(C(O)c2ccc(Cl)cc2OC)C1. The molecule has 1 N–H and O–H groups in total. The molecule has 1 fully saturated rings. The number of ether oxygens (including phenoxy) is 1. The summed E-state index contributed by atoms with van der Waals surface area (Å²) in [6, 6.07) is 5.49. The maximum absolute atomic E-state index is 10.6. The fourth-order valence-corrected chi connectivity index (χ4v) is 3.34. The van der Waals surface area contributed by atoms with Crippen molar-refractivity contribution in [3.05, 3.63) is 28.8 Å². The molecule has 1 aliphatic carbocycles. The van der Waals surface area contributed by atoms with Crippen molar-refractivity contribution in [1.82, 2.24) is 0 Å². The molecule has 0 spiro atoms. The molecule has 1 saturated carbocycles. The maximum atomic E-state index is 10.6. The Bertz CT molecular complexity index is 419. The zero-order valence-electron chi connectivity index (χ0n) is 11.7. The summed E-state index contributed by atoms with van der Waals surface area (Å²) in [4.78, 5) is 0. The molecule has 19 heavy (non-hydrogen) atoms. The van der Waals surface area contributed by atoms with Gasteiger partial charge in [0.2, 0.25) is 0 Å². The van der Waals surface area contributed by atoms with Gasteiger partial charge in [-0.05, 0) is 36.8 Å². The molecule has 106 valence electrons. The summed E-state index contributed by atoms with van der Waals surface area (Å²) in [6.07, 6.45) is 5.50. The highest BCUT2D eigenvalue weighted by atomic mass is 35.5. The van der Waals surface area contributed by atoms with E-state index in [1.165, 1.54) is 19.3 Å². The van der Waals surface area contributed by atoms with Gasteiger partial charge in [-0.25, -0.2) is 0 Å². The van der Waals surface area contributed by atoms with Crippen LogP contribution >= 0.6 is 11.6 Å². The summed E-state index contributed by atoms with van der Waals surface area (Å²) < 4.78 is 5.35. The second-order valence-electron chi connectivity index (χ2n) is 5.53. The molecule has 1 aromatic rings. The molecule has 0 radical (unpaired) electrons. The van der Waals surface area contributed by atoms with Gasteiger partial charge in [-0.2, -0.15) is 0 Å². The van der Waals surface area contributed by atoms with Crippen LogP contribution in [0, 0.1) is 11.8 Å². The molecule has 1 aromatic carbocycles. The highest BCUT2D eigenvalue weighted by Gasteiger charge is 2.29. The number of methoxy groups -OCH3 is 1. The first kappa shape index (κ1) is 14.7. The largest absolute Gasteiger partial charge is 0.496 e. The van der Waals surface area contributed by atoms with Crippen molar-refractivity contribution in [3.63, 3.8) is 0 Å². The second-order valence-corrected chi connectivity index (χ2v) is 5.97. The molecule has 0 saturated heterocycles. The van der Waals surface area contributed by atoms with Gasteiger partial charge in [0.1, 0.15) is 5.75 Å². The van der Waals surface area contributed by atoms with Crippen molar-refractivity contribution in [2.24, 2.45) is 11.8 Å². The topological polar surface area (TPSA) is 29.5 Å². The van der Waals surface area contributed by atoms with E-state index in [9.17, 15) is 5.11 Å². The van der Waals surface area contributed by atoms with Gasteiger partial charge in [0, 0.05) is 10.6 Å². The molecule has 0 aliphatic heterocycles. The summed E-state index contributed by atoms with van der Waals surface area (Å²) in [6.45, 7) is 2.24. The first-order valence-corrected chi connectivity index (χ1v) is 7.55. The maximum Gasteiger partial charge on any atom is 0.126 e. The molecule has 3 unspecified atom stereocenters. The van der Waals surface area contributed by atoms with Crippen molar-refractivity contribution in [3.8, 4) is 5.75 Å². The molecule has 0 amide bonds. The van der Waals surface area contributed by atoms with Crippen LogP contribution < -0.4 is 4.74 Å². The Kier molecular flexibility index (Phi) is 5.12. The molecule has 2 rings (SSSR count). The van der Waals surface area contributed by atoms with Crippen LogP contribution in [0.15, 0.2) is 18.2 Å². The summed E-state index contributed by atoms with van der Waals surface area (Å²) in [5.74, 6) is 1.79. The van der Waals surface area contributed by atoms with E-state index in [2.05, 4.69) is 6.92 Å². The van der Waals surface area contributed by atoms with E-state index in [-0.39, 0.29) is 0 Å². The Balaban J connectivity index is 2.16. The smallest absolute Gasteiger partial charge is 0.126 e. The van der Waals surface area contributed by atoms with Crippen LogP contribution in [0.25, 0.3) is 0 Å². The van der Waals surface area contributed by atoms with Crippen LogP contribution in [0.2, 0.25) is 5.02 Å². The lowest BCUT2D eigenvalue weighted by molar-refractivity contribution is 0.0658. The van der Waals surface area contributed by atoms with Crippen molar-refractivity contribution in [1.29, 1.82) is 0 Å². The van der Waals surface area contributed by atoms with Gasteiger partial charge >= 0.3 is 0 Å². The minimum absolute atomic E-state index is 0.341. The number of hydrogen-bond acceptors (Lipinski definition) is 2. The van der Waals surface area contributed by atoms with Gasteiger partial charge in [-0.1, -0.05) is 43.9 Å². The van der Waals surface area contributed by atoms with Gasteiger partial charge in [-0.3, -0.25) is 0 Å². The second kappa shape index (κ2) is 6.62. The predicted molar refractivity (Wildman–Crippen MR) is 78.7 cm³/mol. The van der Waals surface area contributed by atoms with Gasteiger partial charge in [-0.15, -0.1) is 0 Å². The third kappa shape index (κ3) is 3.43. The third-order valence-electron chi connectivity index (χ3n) is 4.36. The first-order chi connectivity index (χ1) is 9.15. The van der Waals surface area contributed by atoms with Crippen molar-refractivity contribution >= 4 is 11.6 Å². The molecular formula is C16H23ClO2. The number of halogens is 1. The number of benzene rings is 1. The first-order valence-electron chi connectivity index (χ1n) is 7.17. The average molecular weight is 283 g/mol. The Morgan fingerprint density at radius 3 is 2.89 bits per heavy atom. The van der Waals surface area contributed by atoms with Crippen LogP contribution in [0.4, 0.5) is 0 Å². The van der Waals surface area contributed by atoms with E-state index >= 15 is 0 Å². The third-order valence-corrected chi connectivity index (χ3v) is 4.60. The van der Waals surface area contributed by atoms with E-state index in [4.69, 9.17) is 16.3 Å². The lowest BCUT2D eigenvalue weighted by Gasteiger charge is -2.32. The summed E-state index contributed by atoms with van der Waals surface area (Å²) in [7, 11) is 1.62. The van der Waals surface area contributed by atoms with Crippen LogP contribution in [-0.2, 0) is 0 Å². The summed E-state index contributed by atoms with van der Waals surface area (Å²) in [5.41, 5.74) is 0.869. The van der Waals surface area contributed by atoms with E-state index in [1.54, 1.807) is 13.2 Å². The molecule has 0 bridgehead atoms. The Morgan fingerprint density at radius 2 is 2.21 bits per heavy atom. The Hall–Kier alpha value is -0.730. The molecule has 2 nitrogen and oxygen atoms in total. The van der Waals surface area contributed by atoms with Crippen molar-refractivity contribution in [2.75, 3.05) is 7.11 Å². The number of rotatable bonds is 4. The van der Waals surface area contributed by atoms with Gasteiger partial charge in [0.25, 0.3) is 0 Å². The Labute approximate surface area is 120 Å². The van der Waals surface area contributed by atoms with Crippen LogP contribution in [0.1, 0.15) is 50.7 Å². The lowest BCUT2D eigenvalue weighted by atomic mass is 9.76. The normalized spacial score (nSPS) is 25.1. The molecular weight excluding hydrogens is 260 g/mol. The van der Waals surface area contributed by atoms with Crippen LogP contribution in [-0.4, -0.2) is 12.2 Å². The van der Waals surface area contributed by atoms with E-state index in [0.717, 1.165) is 24.3 Å². The van der Waals surface area contributed by atoms with Gasteiger partial charge in [0.05, 0.1) is 13.2 Å². The average Bonchev–Trinajstić information content (AvgIpc) is 2.46. The van der Waals surface area contributed by atoms with Crippen molar-refractivity contribution < 1.29 is 9.84 Å². The van der Waals surface area contributed by atoms with Crippen molar-refractivity contribution in [2.45, 2.75) is 45.1 Å². The van der Waals surface area contributed by atoms with E-state index in [0.29, 0.717) is 16.7 Å². The minimum atomic E-state index is -0.443. The number of hydrogen-bond donors (Lipinski definition) is 1. The quantitative estimate of drug-likeness (QED) is 0.875. The van der Waals surface area contributed by atoms with E-state index < -0.39 is 6.10 Å². The summed E-state index contributed by atoms with van der Waals surface area (Å²) in [5, 5.41) is 11.3. The zero-order valence-corrected chi connectivity index (χ0v) is 12.5. The molecule has 3 atom stereocenters. The monoisotopic (exact) mass is 282 g/mol. The standard InChI is InChI=1S/C16H23ClO2/c1-3-11-5-4-6-12(9-11)16(18)14-8-7-13(17)10-15(14)19-2/h7-8,10-12,16,18H,3-6,9H2,1-2H3. The van der Waals surface area contributed by atoms with Gasteiger partial charge < -0.3 is 9.84 Å². The fraction of sp³-hybridized carbons (Fsp3) is 0.625.